The van der Waals surface area contributed by atoms with Crippen molar-refractivity contribution >= 4 is 31.2 Å². The van der Waals surface area contributed by atoms with Gasteiger partial charge in [0.15, 0.2) is 0 Å². The quantitative estimate of drug-likeness (QED) is 0.668. The van der Waals surface area contributed by atoms with Gasteiger partial charge in [-0.3, -0.25) is 0 Å². The molecule has 0 aliphatic carbocycles. The van der Waals surface area contributed by atoms with Crippen molar-refractivity contribution in [1.82, 2.24) is 0 Å². The number of alkyl halides is 3. The fourth-order valence-electron chi connectivity index (χ4n) is 0.342. The Morgan fingerprint density at radius 1 is 1.30 bits per heavy atom. The van der Waals surface area contributed by atoms with Gasteiger partial charge >= 0.3 is 68.1 Å². The second-order valence-corrected chi connectivity index (χ2v) is 13.5. The van der Waals surface area contributed by atoms with Gasteiger partial charge < -0.3 is 0 Å². The maximum atomic E-state index is 11.6. The summed E-state index contributed by atoms with van der Waals surface area (Å²) in [7, 11) is 10.8. The Kier molecular flexibility index (Phi) is 3.84. The van der Waals surface area contributed by atoms with Crippen LogP contribution in [0.2, 0.25) is 10.6 Å². The first kappa shape index (κ1) is 10.9. The third-order valence-electron chi connectivity index (χ3n) is 0.797. The monoisotopic (exact) mass is 262 g/mol. The summed E-state index contributed by atoms with van der Waals surface area (Å²) in [5.74, 6) is 0. The van der Waals surface area contributed by atoms with Gasteiger partial charge in [0.25, 0.3) is 0 Å². The molecule has 0 nitrogen and oxygen atoms in total. The fourth-order valence-corrected chi connectivity index (χ4v) is 3.06. The second kappa shape index (κ2) is 3.53. The molecule has 0 amide bonds. The fraction of sp³-hybridized carbons (Fsp3) is 1.00. The summed E-state index contributed by atoms with van der Waals surface area (Å²) in [5.41, 5.74) is 0. The number of halogens is 5. The van der Waals surface area contributed by atoms with Crippen LogP contribution in [-0.2, 0) is 0 Å². The van der Waals surface area contributed by atoms with Gasteiger partial charge in [0.2, 0.25) is 0 Å². The molecular formula is C4H7Cl2F3Se. The van der Waals surface area contributed by atoms with Crippen LogP contribution in [0.5, 0.6) is 0 Å². The summed E-state index contributed by atoms with van der Waals surface area (Å²) < 4.78 is 34.8. The molecule has 0 saturated heterocycles. The first-order chi connectivity index (χ1) is 4.27. The Morgan fingerprint density at radius 3 is 1.80 bits per heavy atom. The maximum absolute atomic E-state index is 11.6. The molecule has 10 heavy (non-hydrogen) atoms. The van der Waals surface area contributed by atoms with Crippen LogP contribution in [0.4, 0.5) is 13.2 Å². The van der Waals surface area contributed by atoms with Gasteiger partial charge in [-0.25, -0.2) is 0 Å². The van der Waals surface area contributed by atoms with E-state index in [2.05, 4.69) is 0 Å². The molecule has 0 fully saturated rings. The van der Waals surface area contributed by atoms with E-state index in [0.717, 1.165) is 0 Å². The molecular weight excluding hydrogens is 255 g/mol. The van der Waals surface area contributed by atoms with E-state index in [9.17, 15) is 13.2 Å². The topological polar surface area (TPSA) is 0 Å². The first-order valence-electron chi connectivity index (χ1n) is 2.51. The number of hydrogen-bond acceptors (Lipinski definition) is 0. The zero-order chi connectivity index (χ0) is 8.41. The van der Waals surface area contributed by atoms with E-state index in [1.165, 1.54) is 0 Å². The minimum atomic E-state index is -4.21. The molecule has 0 aromatic carbocycles. The zero-order valence-electron chi connectivity index (χ0n) is 5.21. The van der Waals surface area contributed by atoms with Crippen molar-refractivity contribution in [3.63, 3.8) is 0 Å². The summed E-state index contributed by atoms with van der Waals surface area (Å²) in [6.07, 6.45) is -4.21. The zero-order valence-corrected chi connectivity index (χ0v) is 8.44. The van der Waals surface area contributed by atoms with Crippen LogP contribution in [0.15, 0.2) is 0 Å². The summed E-state index contributed by atoms with van der Waals surface area (Å²) >= 11 is -3.16. The molecule has 0 aliphatic heterocycles. The normalized spacial score (nSPS) is 15.4. The summed E-state index contributed by atoms with van der Waals surface area (Å²) in [4.78, 5) is 0. The van der Waals surface area contributed by atoms with Crippen LogP contribution in [0, 0.1) is 0 Å². The molecule has 0 unspecified atom stereocenters. The molecule has 0 heterocycles. The molecule has 0 aliphatic rings. The molecule has 0 atom stereocenters. The standard InChI is InChI=1S/C4H7Cl2F3Se/c1-2-10(5,6)3-4(7,8)9/h2-3H2,1H3. The molecule has 0 bridgehead atoms. The summed E-state index contributed by atoms with van der Waals surface area (Å²) in [5, 5.41) is -0.748. The van der Waals surface area contributed by atoms with Gasteiger partial charge in [0.1, 0.15) is 0 Å². The van der Waals surface area contributed by atoms with Crippen molar-refractivity contribution in [2.24, 2.45) is 0 Å². The van der Waals surface area contributed by atoms with E-state index in [4.69, 9.17) is 20.2 Å². The SMILES string of the molecule is CC[Se](Cl)(Cl)CC(F)(F)F. The molecule has 0 rings (SSSR count). The van der Waals surface area contributed by atoms with Crippen molar-refractivity contribution < 1.29 is 13.2 Å². The third kappa shape index (κ3) is 5.66. The Hall–Kier alpha value is 0.889. The van der Waals surface area contributed by atoms with Crippen LogP contribution < -0.4 is 0 Å². The van der Waals surface area contributed by atoms with Crippen molar-refractivity contribution in [2.45, 2.75) is 23.7 Å². The molecule has 0 radical (unpaired) electrons. The van der Waals surface area contributed by atoms with Crippen molar-refractivity contribution in [1.29, 1.82) is 0 Å². The molecule has 0 spiro atoms. The average molecular weight is 262 g/mol. The Balaban J connectivity index is 3.89. The molecule has 64 valence electrons. The van der Waals surface area contributed by atoms with Gasteiger partial charge in [-0.15, -0.1) is 0 Å². The molecule has 0 saturated carbocycles. The summed E-state index contributed by atoms with van der Waals surface area (Å²) in [6.45, 7) is 1.58. The molecule has 6 heteroatoms. The Morgan fingerprint density at radius 2 is 1.70 bits per heavy atom. The minimum absolute atomic E-state index is 0.249. The van der Waals surface area contributed by atoms with E-state index < -0.39 is 22.5 Å². The van der Waals surface area contributed by atoms with Gasteiger partial charge in [0, 0.05) is 0 Å². The molecule has 0 aromatic rings. The van der Waals surface area contributed by atoms with Gasteiger partial charge in [-0.2, -0.15) is 0 Å². The Bertz CT molecular complexity index is 112. The second-order valence-electron chi connectivity index (χ2n) is 1.75. The van der Waals surface area contributed by atoms with Gasteiger partial charge in [-0.05, 0) is 0 Å². The van der Waals surface area contributed by atoms with Gasteiger partial charge in [-0.1, -0.05) is 0 Å². The van der Waals surface area contributed by atoms with E-state index in [1.54, 1.807) is 6.92 Å². The van der Waals surface area contributed by atoms with Crippen LogP contribution in [0.25, 0.3) is 0 Å². The molecule has 0 aromatic heterocycles. The first-order valence-corrected chi connectivity index (χ1v) is 9.44. The number of hydrogen-bond donors (Lipinski definition) is 0. The Labute approximate surface area is 68.4 Å². The van der Waals surface area contributed by atoms with Crippen molar-refractivity contribution in [3.8, 4) is 0 Å². The number of rotatable bonds is 2. The van der Waals surface area contributed by atoms with Crippen molar-refractivity contribution in [2.75, 3.05) is 0 Å². The van der Waals surface area contributed by atoms with Crippen LogP contribution in [0.1, 0.15) is 6.92 Å². The average Bonchev–Trinajstić information content (AvgIpc) is 1.60. The van der Waals surface area contributed by atoms with E-state index in [1.807, 2.05) is 0 Å². The predicted octanol–water partition coefficient (Wildman–Crippen LogP) is 3.49. The third-order valence-corrected chi connectivity index (χ3v) is 7.54. The van der Waals surface area contributed by atoms with Crippen LogP contribution >= 0.6 is 20.2 Å². The van der Waals surface area contributed by atoms with Gasteiger partial charge in [0.05, 0.1) is 0 Å². The van der Waals surface area contributed by atoms with Crippen LogP contribution in [-0.4, -0.2) is 17.2 Å². The summed E-state index contributed by atoms with van der Waals surface area (Å²) in [6, 6.07) is 0. The van der Waals surface area contributed by atoms with Crippen molar-refractivity contribution in [3.05, 3.63) is 0 Å². The van der Waals surface area contributed by atoms with Crippen LogP contribution in [0.3, 0.4) is 0 Å². The predicted molar refractivity (Wildman–Crippen MR) is 38.8 cm³/mol. The molecule has 0 N–H and O–H groups in total. The van der Waals surface area contributed by atoms with E-state index in [-0.39, 0.29) is 5.32 Å². The van der Waals surface area contributed by atoms with E-state index in [0.29, 0.717) is 0 Å². The van der Waals surface area contributed by atoms with E-state index >= 15 is 0 Å².